The third-order valence-electron chi connectivity index (χ3n) is 4.82. The molecule has 3 aromatic carbocycles. The van der Waals surface area contributed by atoms with E-state index in [0.29, 0.717) is 23.6 Å². The molecule has 4 rings (SSSR count). The number of ether oxygens (including phenoxy) is 1. The van der Waals surface area contributed by atoms with Crippen molar-refractivity contribution < 1.29 is 13.9 Å². The molecule has 1 N–H and O–H groups in total. The average Bonchev–Trinajstić information content (AvgIpc) is 3.20. The molecule has 5 nitrogen and oxygen atoms in total. The maximum absolute atomic E-state index is 13.0. The summed E-state index contributed by atoms with van der Waals surface area (Å²) < 4.78 is 18.7. The highest BCUT2D eigenvalue weighted by molar-refractivity contribution is 6.04. The maximum Gasteiger partial charge on any atom is 0.255 e. The number of benzene rings is 3. The van der Waals surface area contributed by atoms with E-state index in [1.54, 1.807) is 36.4 Å². The smallest absolute Gasteiger partial charge is 0.255 e. The van der Waals surface area contributed by atoms with Crippen molar-refractivity contribution in [1.82, 2.24) is 0 Å². The third-order valence-corrected chi connectivity index (χ3v) is 4.82. The summed E-state index contributed by atoms with van der Waals surface area (Å²) in [4.78, 5) is 12.6. The van der Waals surface area contributed by atoms with Crippen LogP contribution in [0.4, 0.5) is 15.8 Å². The van der Waals surface area contributed by atoms with Crippen molar-refractivity contribution >= 4 is 23.0 Å². The fourth-order valence-corrected chi connectivity index (χ4v) is 3.16. The first-order chi connectivity index (χ1) is 14.6. The zero-order valence-electron chi connectivity index (χ0n) is 16.6. The van der Waals surface area contributed by atoms with Crippen LogP contribution in [0.15, 0.2) is 77.9 Å². The van der Waals surface area contributed by atoms with E-state index < -0.39 is 0 Å². The van der Waals surface area contributed by atoms with Crippen molar-refractivity contribution in [3.05, 3.63) is 89.7 Å². The van der Waals surface area contributed by atoms with Crippen LogP contribution in [0.25, 0.3) is 0 Å². The Hall–Kier alpha value is -3.67. The minimum atomic E-state index is -0.278. The van der Waals surface area contributed by atoms with Gasteiger partial charge in [0.2, 0.25) is 0 Å². The van der Waals surface area contributed by atoms with Crippen molar-refractivity contribution in [2.24, 2.45) is 5.10 Å². The molecule has 6 heteroatoms. The molecule has 0 atom stereocenters. The van der Waals surface area contributed by atoms with Crippen LogP contribution in [-0.4, -0.2) is 18.2 Å². The average molecular weight is 403 g/mol. The summed E-state index contributed by atoms with van der Waals surface area (Å²) in [6.07, 6.45) is 0.960. The number of amides is 1. The summed E-state index contributed by atoms with van der Waals surface area (Å²) in [7, 11) is 0. The summed E-state index contributed by atoms with van der Waals surface area (Å²) in [6.45, 7) is 3.19. The lowest BCUT2D eigenvalue weighted by Crippen LogP contribution is -2.14. The van der Waals surface area contributed by atoms with Gasteiger partial charge in [0.05, 0.1) is 5.69 Å². The molecule has 0 unspecified atom stereocenters. The molecule has 1 amide bonds. The summed E-state index contributed by atoms with van der Waals surface area (Å²) in [6, 6.07) is 20.7. The molecule has 0 saturated carbocycles. The van der Waals surface area contributed by atoms with Crippen molar-refractivity contribution in [1.29, 1.82) is 0 Å². The number of rotatable bonds is 6. The molecular formula is C24H22FN3O2. The minimum absolute atomic E-state index is 0.196. The lowest BCUT2D eigenvalue weighted by Gasteiger charge is -2.14. The van der Waals surface area contributed by atoms with Gasteiger partial charge < -0.3 is 10.1 Å². The Bertz CT molecular complexity index is 1060. The summed E-state index contributed by atoms with van der Waals surface area (Å²) in [5.74, 6) is 0.146. The highest BCUT2D eigenvalue weighted by Gasteiger charge is 2.14. The van der Waals surface area contributed by atoms with Crippen LogP contribution in [-0.2, 0) is 6.61 Å². The second kappa shape index (κ2) is 8.78. The number of carbonyl (C=O) groups excluding carboxylic acids is 1. The van der Waals surface area contributed by atoms with Crippen LogP contribution in [0.3, 0.4) is 0 Å². The molecule has 0 aromatic heterocycles. The number of nitrogens with one attached hydrogen (secondary N) is 1. The number of nitrogens with zero attached hydrogens (tertiary/aromatic N) is 2. The second-order valence-corrected chi connectivity index (χ2v) is 7.15. The lowest BCUT2D eigenvalue weighted by molar-refractivity contribution is 0.102. The fourth-order valence-electron chi connectivity index (χ4n) is 3.16. The number of hydrazone groups is 1. The predicted molar refractivity (Wildman–Crippen MR) is 117 cm³/mol. The zero-order valence-corrected chi connectivity index (χ0v) is 16.6. The van der Waals surface area contributed by atoms with E-state index in [1.165, 1.54) is 12.1 Å². The number of anilines is 2. The first-order valence-corrected chi connectivity index (χ1v) is 9.77. The Morgan fingerprint density at radius 1 is 1.10 bits per heavy atom. The number of hydrogen-bond donors (Lipinski definition) is 1. The van der Waals surface area contributed by atoms with Gasteiger partial charge in [0.1, 0.15) is 18.2 Å². The van der Waals surface area contributed by atoms with Crippen LogP contribution >= 0.6 is 0 Å². The Kier molecular flexibility index (Phi) is 5.75. The molecule has 0 spiro atoms. The largest absolute Gasteiger partial charge is 0.489 e. The Labute approximate surface area is 174 Å². The van der Waals surface area contributed by atoms with Gasteiger partial charge >= 0.3 is 0 Å². The monoisotopic (exact) mass is 403 g/mol. The van der Waals surface area contributed by atoms with Crippen molar-refractivity contribution in [3.8, 4) is 5.75 Å². The molecule has 0 saturated heterocycles. The van der Waals surface area contributed by atoms with E-state index in [2.05, 4.69) is 10.4 Å². The van der Waals surface area contributed by atoms with Gasteiger partial charge in [-0.15, -0.1) is 0 Å². The number of hydrogen-bond acceptors (Lipinski definition) is 4. The van der Waals surface area contributed by atoms with E-state index in [1.807, 2.05) is 36.2 Å². The standard InChI is InChI=1S/C24H22FN3O2/c1-17-13-14-28(27-17)22-11-7-19(8-12-22)24(29)26-21-3-2-4-23(15-21)30-16-18-5-9-20(25)10-6-18/h2-12,15H,13-14,16H2,1H3,(H,26,29). The summed E-state index contributed by atoms with van der Waals surface area (Å²) in [5, 5.41) is 9.31. The fraction of sp³-hybridized carbons (Fsp3) is 0.167. The van der Waals surface area contributed by atoms with E-state index in [9.17, 15) is 9.18 Å². The first-order valence-electron chi connectivity index (χ1n) is 9.77. The maximum atomic E-state index is 13.0. The molecule has 0 bridgehead atoms. The van der Waals surface area contributed by atoms with E-state index >= 15 is 0 Å². The van der Waals surface area contributed by atoms with Gasteiger partial charge in [-0.1, -0.05) is 18.2 Å². The Morgan fingerprint density at radius 2 is 1.87 bits per heavy atom. The minimum Gasteiger partial charge on any atom is -0.489 e. The van der Waals surface area contributed by atoms with Crippen LogP contribution in [0.2, 0.25) is 0 Å². The van der Waals surface area contributed by atoms with E-state index in [-0.39, 0.29) is 11.7 Å². The first kappa shape index (κ1) is 19.6. The molecule has 0 radical (unpaired) electrons. The van der Waals surface area contributed by atoms with Crippen LogP contribution in [0.1, 0.15) is 29.3 Å². The quantitative estimate of drug-likeness (QED) is 0.612. The topological polar surface area (TPSA) is 53.9 Å². The van der Waals surface area contributed by atoms with E-state index in [4.69, 9.17) is 4.74 Å². The van der Waals surface area contributed by atoms with Gasteiger partial charge in [-0.25, -0.2) is 4.39 Å². The Balaban J connectivity index is 1.37. The molecule has 0 fully saturated rings. The molecule has 3 aromatic rings. The van der Waals surface area contributed by atoms with Crippen molar-refractivity contribution in [3.63, 3.8) is 0 Å². The SMILES string of the molecule is CC1=NN(c2ccc(C(=O)Nc3cccc(OCc4ccc(F)cc4)c3)cc2)CC1. The molecule has 1 aliphatic heterocycles. The third kappa shape index (κ3) is 4.84. The highest BCUT2D eigenvalue weighted by atomic mass is 19.1. The summed E-state index contributed by atoms with van der Waals surface area (Å²) in [5.41, 5.74) is 4.15. The van der Waals surface area contributed by atoms with Gasteiger partial charge in [0.25, 0.3) is 5.91 Å². The van der Waals surface area contributed by atoms with Crippen molar-refractivity contribution in [2.75, 3.05) is 16.9 Å². The van der Waals surface area contributed by atoms with Gasteiger partial charge in [-0.3, -0.25) is 9.80 Å². The molecule has 152 valence electrons. The summed E-state index contributed by atoms with van der Waals surface area (Å²) >= 11 is 0. The van der Waals surface area contributed by atoms with Gasteiger partial charge in [-0.05, 0) is 61.0 Å². The molecular weight excluding hydrogens is 381 g/mol. The molecule has 1 aliphatic rings. The highest BCUT2D eigenvalue weighted by Crippen LogP contribution is 2.22. The Morgan fingerprint density at radius 3 is 2.57 bits per heavy atom. The number of halogens is 1. The normalized spacial score (nSPS) is 13.1. The van der Waals surface area contributed by atoms with Gasteiger partial charge in [0, 0.05) is 36.0 Å². The predicted octanol–water partition coefficient (Wildman–Crippen LogP) is 5.24. The lowest BCUT2D eigenvalue weighted by atomic mass is 10.2. The number of carbonyl (C=O) groups is 1. The van der Waals surface area contributed by atoms with Crippen molar-refractivity contribution in [2.45, 2.75) is 20.0 Å². The van der Waals surface area contributed by atoms with E-state index in [0.717, 1.165) is 29.9 Å². The van der Waals surface area contributed by atoms with Gasteiger partial charge in [0.15, 0.2) is 0 Å². The molecule has 30 heavy (non-hydrogen) atoms. The van der Waals surface area contributed by atoms with Crippen LogP contribution in [0, 0.1) is 5.82 Å². The van der Waals surface area contributed by atoms with Crippen LogP contribution < -0.4 is 15.1 Å². The zero-order chi connectivity index (χ0) is 20.9. The molecule has 0 aliphatic carbocycles. The van der Waals surface area contributed by atoms with Gasteiger partial charge in [-0.2, -0.15) is 5.10 Å². The second-order valence-electron chi connectivity index (χ2n) is 7.15. The molecule has 1 heterocycles. The van der Waals surface area contributed by atoms with Crippen LogP contribution in [0.5, 0.6) is 5.75 Å².